The average Bonchev–Trinajstić information content (AvgIpc) is 3.34. The van der Waals surface area contributed by atoms with Crippen molar-refractivity contribution in [2.45, 2.75) is 6.17 Å². The van der Waals surface area contributed by atoms with Gasteiger partial charge in [-0.3, -0.25) is 4.99 Å². The Balaban J connectivity index is 1.07. The minimum atomic E-state index is -0.303. The van der Waals surface area contributed by atoms with Crippen LogP contribution in [0.2, 0.25) is 0 Å². The molecular formula is C55H37N5. The number of hydrogen-bond donors (Lipinski definition) is 1. The van der Waals surface area contributed by atoms with Gasteiger partial charge in [-0.25, -0.2) is 9.97 Å². The van der Waals surface area contributed by atoms with Crippen LogP contribution in [0.5, 0.6) is 0 Å². The molecular weight excluding hydrogens is 731 g/mol. The lowest BCUT2D eigenvalue weighted by atomic mass is 9.89. The van der Waals surface area contributed by atoms with E-state index in [0.717, 1.165) is 89.2 Å². The maximum Gasteiger partial charge on any atom is 0.160 e. The number of aromatic nitrogens is 2. The second-order valence-electron chi connectivity index (χ2n) is 14.8. The molecule has 282 valence electrons. The van der Waals surface area contributed by atoms with E-state index in [1.165, 1.54) is 0 Å². The third-order valence-corrected chi connectivity index (χ3v) is 11.0. The highest BCUT2D eigenvalue weighted by molar-refractivity contribution is 6.14. The van der Waals surface area contributed by atoms with Gasteiger partial charge in [-0.2, -0.15) is 5.26 Å². The lowest BCUT2D eigenvalue weighted by molar-refractivity contribution is 0.664. The van der Waals surface area contributed by atoms with Gasteiger partial charge in [-0.1, -0.05) is 176 Å². The van der Waals surface area contributed by atoms with Crippen LogP contribution < -0.4 is 5.32 Å². The van der Waals surface area contributed by atoms with Crippen LogP contribution in [0.15, 0.2) is 217 Å². The van der Waals surface area contributed by atoms with Crippen LogP contribution in [0.1, 0.15) is 28.4 Å². The highest BCUT2D eigenvalue weighted by Gasteiger charge is 2.23. The summed E-state index contributed by atoms with van der Waals surface area (Å²) in [5, 5.41) is 14.2. The van der Waals surface area contributed by atoms with Gasteiger partial charge < -0.3 is 5.32 Å². The van der Waals surface area contributed by atoms with Crippen LogP contribution in [-0.4, -0.2) is 15.7 Å². The van der Waals surface area contributed by atoms with E-state index in [4.69, 9.17) is 15.0 Å². The zero-order valence-corrected chi connectivity index (χ0v) is 32.6. The smallest absolute Gasteiger partial charge is 0.160 e. The number of rotatable bonds is 8. The fraction of sp³-hybridized carbons (Fsp3) is 0.0182. The van der Waals surface area contributed by atoms with E-state index in [0.29, 0.717) is 11.4 Å². The Kier molecular flexibility index (Phi) is 9.63. The quantitative estimate of drug-likeness (QED) is 0.167. The minimum absolute atomic E-state index is 0.303. The molecule has 1 atom stereocenters. The van der Waals surface area contributed by atoms with Crippen LogP contribution >= 0.6 is 0 Å². The van der Waals surface area contributed by atoms with Crippen molar-refractivity contribution in [3.63, 3.8) is 0 Å². The molecule has 2 heterocycles. The number of nitriles is 1. The van der Waals surface area contributed by atoms with Gasteiger partial charge in [0.2, 0.25) is 0 Å². The van der Waals surface area contributed by atoms with Crippen molar-refractivity contribution in [3.05, 3.63) is 235 Å². The van der Waals surface area contributed by atoms with Gasteiger partial charge in [0.15, 0.2) is 5.82 Å². The molecule has 0 amide bonds. The van der Waals surface area contributed by atoms with Crippen molar-refractivity contribution in [1.29, 1.82) is 5.26 Å². The first-order valence-corrected chi connectivity index (χ1v) is 20.0. The van der Waals surface area contributed by atoms with Gasteiger partial charge >= 0.3 is 0 Å². The molecule has 1 unspecified atom stereocenters. The average molecular weight is 768 g/mol. The molecule has 0 radical (unpaired) electrons. The zero-order chi connectivity index (χ0) is 40.3. The number of nitrogens with zero attached hydrogens (tertiary/aromatic N) is 4. The molecule has 1 aliphatic heterocycles. The van der Waals surface area contributed by atoms with Gasteiger partial charge in [-0.15, -0.1) is 0 Å². The number of fused-ring (bicyclic) bond motifs is 1. The summed E-state index contributed by atoms with van der Waals surface area (Å²) in [6.07, 6.45) is 1.87. The lowest BCUT2D eigenvalue weighted by Gasteiger charge is -2.26. The molecule has 1 aromatic heterocycles. The first kappa shape index (κ1) is 36.2. The molecule has 0 spiro atoms. The molecule has 0 saturated carbocycles. The van der Waals surface area contributed by atoms with Gasteiger partial charge in [0, 0.05) is 33.3 Å². The van der Waals surface area contributed by atoms with Gasteiger partial charge in [0.25, 0.3) is 0 Å². The van der Waals surface area contributed by atoms with Crippen LogP contribution in [0.25, 0.3) is 72.6 Å². The molecule has 5 nitrogen and oxygen atoms in total. The summed E-state index contributed by atoms with van der Waals surface area (Å²) in [5.41, 5.74) is 16.0. The van der Waals surface area contributed by atoms with E-state index in [-0.39, 0.29) is 6.17 Å². The van der Waals surface area contributed by atoms with Crippen molar-refractivity contribution in [3.8, 4) is 62.1 Å². The van der Waals surface area contributed by atoms with E-state index < -0.39 is 0 Å². The second kappa shape index (κ2) is 16.0. The minimum Gasteiger partial charge on any atom is -0.359 e. The molecule has 0 saturated heterocycles. The highest BCUT2D eigenvalue weighted by atomic mass is 15.1. The summed E-state index contributed by atoms with van der Waals surface area (Å²) in [6.45, 7) is 0. The lowest BCUT2D eigenvalue weighted by Crippen LogP contribution is -2.25. The van der Waals surface area contributed by atoms with Crippen LogP contribution in [-0.2, 0) is 0 Å². The Labute approximate surface area is 349 Å². The van der Waals surface area contributed by atoms with E-state index in [1.54, 1.807) is 0 Å². The standard InChI is InChI=1S/C55H37N5/c56-36-37-29-31-38(32-30-37)41-19-13-21-43(33-41)51-35-52(59-54(58-51)39-15-3-1-4-16-39)48-26-10-9-25-47(48)46-24-8-7-23-45(46)42-20-14-22-44(34-42)53-49-27-11-12-28-50(49)57-55(60-53)40-17-5-2-6-18-40/h1-35,54,59H. The molecule has 8 aromatic carbocycles. The number of aliphatic imine (C=N–C) groups is 1. The third kappa shape index (κ3) is 7.15. The number of benzene rings is 8. The molecule has 1 aliphatic rings. The fourth-order valence-electron chi connectivity index (χ4n) is 8.01. The molecule has 10 rings (SSSR count). The van der Waals surface area contributed by atoms with Crippen LogP contribution in [0.3, 0.4) is 0 Å². The first-order chi connectivity index (χ1) is 29.7. The molecule has 0 bridgehead atoms. The zero-order valence-electron chi connectivity index (χ0n) is 32.6. The second-order valence-corrected chi connectivity index (χ2v) is 14.8. The first-order valence-electron chi connectivity index (χ1n) is 20.0. The molecule has 0 aliphatic carbocycles. The van der Waals surface area contributed by atoms with Crippen LogP contribution in [0, 0.1) is 11.3 Å². The highest BCUT2D eigenvalue weighted by Crippen LogP contribution is 2.39. The fourth-order valence-corrected chi connectivity index (χ4v) is 8.01. The van der Waals surface area contributed by atoms with Gasteiger partial charge in [-0.05, 0) is 75.4 Å². The molecule has 1 N–H and O–H groups in total. The summed E-state index contributed by atoms with van der Waals surface area (Å²) in [4.78, 5) is 15.4. The molecule has 0 fully saturated rings. The summed E-state index contributed by atoms with van der Waals surface area (Å²) in [5.74, 6) is 0.704. The van der Waals surface area contributed by atoms with Crippen molar-refractivity contribution in [2.75, 3.05) is 0 Å². The summed E-state index contributed by atoms with van der Waals surface area (Å²) in [7, 11) is 0. The Morgan fingerprint density at radius 1 is 0.450 bits per heavy atom. The maximum atomic E-state index is 9.36. The van der Waals surface area contributed by atoms with E-state index in [1.807, 2.05) is 60.7 Å². The topological polar surface area (TPSA) is 74.0 Å². The SMILES string of the molecule is N#Cc1ccc(-c2cccc(C3=NC(c4ccccc4)NC(c4ccccc4-c4ccccc4-c4cccc(-c5nc(-c6ccccc6)nc6ccccc56)c4)=C3)c2)cc1. The molecule has 60 heavy (non-hydrogen) atoms. The largest absolute Gasteiger partial charge is 0.359 e. The molecule has 9 aromatic rings. The van der Waals surface area contributed by atoms with E-state index >= 15 is 0 Å². The van der Waals surface area contributed by atoms with Crippen molar-refractivity contribution in [1.82, 2.24) is 15.3 Å². The number of hydrogen-bond acceptors (Lipinski definition) is 5. The number of allylic oxidation sites excluding steroid dienone is 1. The summed E-state index contributed by atoms with van der Waals surface area (Å²) >= 11 is 0. The Morgan fingerprint density at radius 3 is 1.80 bits per heavy atom. The van der Waals surface area contributed by atoms with Crippen LogP contribution in [0.4, 0.5) is 0 Å². The molecule has 5 heteroatoms. The monoisotopic (exact) mass is 767 g/mol. The maximum absolute atomic E-state index is 9.36. The van der Waals surface area contributed by atoms with Crippen molar-refractivity contribution >= 4 is 22.3 Å². The predicted molar refractivity (Wildman–Crippen MR) is 245 cm³/mol. The number of nitrogens with one attached hydrogen (secondary N) is 1. The number of para-hydroxylation sites is 1. The Bertz CT molecular complexity index is 3120. The van der Waals surface area contributed by atoms with E-state index in [9.17, 15) is 5.26 Å². The predicted octanol–water partition coefficient (Wildman–Crippen LogP) is 13.0. The van der Waals surface area contributed by atoms with E-state index in [2.05, 4.69) is 163 Å². The Morgan fingerprint density at radius 2 is 1.03 bits per heavy atom. The van der Waals surface area contributed by atoms with Gasteiger partial charge in [0.1, 0.15) is 6.17 Å². The summed E-state index contributed by atoms with van der Waals surface area (Å²) in [6, 6.07) is 73.1. The van der Waals surface area contributed by atoms with Crippen molar-refractivity contribution in [2.24, 2.45) is 4.99 Å². The third-order valence-electron chi connectivity index (χ3n) is 11.0. The van der Waals surface area contributed by atoms with Gasteiger partial charge in [0.05, 0.1) is 28.6 Å². The Hall–Kier alpha value is -8.20. The van der Waals surface area contributed by atoms with Crippen molar-refractivity contribution < 1.29 is 0 Å². The summed E-state index contributed by atoms with van der Waals surface area (Å²) < 4.78 is 0. The normalized spacial score (nSPS) is 13.5.